The summed E-state index contributed by atoms with van der Waals surface area (Å²) in [7, 11) is 3.79. The molecule has 0 aromatic heterocycles. The van der Waals surface area contributed by atoms with Crippen LogP contribution in [0.25, 0.3) is 0 Å². The van der Waals surface area contributed by atoms with Crippen LogP contribution in [0.1, 0.15) is 18.4 Å². The molecule has 0 unspecified atom stereocenters. The number of piperidine rings is 1. The Labute approximate surface area is 187 Å². The van der Waals surface area contributed by atoms with Gasteiger partial charge in [0, 0.05) is 23.7 Å². The third-order valence-electron chi connectivity index (χ3n) is 5.58. The van der Waals surface area contributed by atoms with Crippen molar-refractivity contribution in [2.75, 3.05) is 39.4 Å². The zero-order valence-corrected chi connectivity index (χ0v) is 18.8. The first-order valence-electron chi connectivity index (χ1n) is 10.0. The van der Waals surface area contributed by atoms with Crippen LogP contribution in [0.15, 0.2) is 36.4 Å². The van der Waals surface area contributed by atoms with Crippen LogP contribution in [0.4, 0.5) is 5.69 Å². The molecular formula is C22H26ClN3O3S. The number of anilines is 1. The van der Waals surface area contributed by atoms with Crippen molar-refractivity contribution >= 4 is 34.6 Å². The Kier molecular flexibility index (Phi) is 6.51. The van der Waals surface area contributed by atoms with Gasteiger partial charge in [0.25, 0.3) is 0 Å². The van der Waals surface area contributed by atoms with Crippen LogP contribution >= 0.6 is 23.8 Å². The van der Waals surface area contributed by atoms with E-state index in [-0.39, 0.29) is 6.79 Å². The summed E-state index contributed by atoms with van der Waals surface area (Å²) in [5.74, 6) is 2.24. The molecule has 2 aliphatic rings. The first-order valence-corrected chi connectivity index (χ1v) is 10.8. The fourth-order valence-corrected chi connectivity index (χ4v) is 4.35. The predicted molar refractivity (Wildman–Crippen MR) is 123 cm³/mol. The first kappa shape index (κ1) is 21.0. The lowest BCUT2D eigenvalue weighted by Gasteiger charge is -2.39. The second-order valence-electron chi connectivity index (χ2n) is 7.62. The third kappa shape index (κ3) is 4.74. The second kappa shape index (κ2) is 9.29. The fourth-order valence-electron chi connectivity index (χ4n) is 3.86. The fraction of sp³-hybridized carbons (Fsp3) is 0.409. The number of methoxy groups -OCH3 is 1. The maximum atomic E-state index is 6.11. The Hall–Kier alpha value is -2.22. The van der Waals surface area contributed by atoms with Gasteiger partial charge >= 0.3 is 0 Å². The lowest BCUT2D eigenvalue weighted by Crippen LogP contribution is -2.47. The number of hydrogen-bond acceptors (Lipinski definition) is 5. The number of halogens is 1. The van der Waals surface area contributed by atoms with E-state index in [1.54, 1.807) is 13.2 Å². The van der Waals surface area contributed by atoms with Crippen molar-refractivity contribution in [3.8, 4) is 17.2 Å². The van der Waals surface area contributed by atoms with E-state index in [9.17, 15) is 0 Å². The molecule has 160 valence electrons. The number of nitrogens with one attached hydrogen (secondary N) is 1. The monoisotopic (exact) mass is 447 g/mol. The molecule has 4 rings (SSSR count). The second-order valence-corrected chi connectivity index (χ2v) is 8.45. The Balaban J connectivity index is 1.56. The molecule has 2 aliphatic heterocycles. The highest BCUT2D eigenvalue weighted by Gasteiger charge is 2.26. The smallest absolute Gasteiger partial charge is 0.231 e. The average Bonchev–Trinajstić information content (AvgIpc) is 3.22. The van der Waals surface area contributed by atoms with E-state index < -0.39 is 0 Å². The van der Waals surface area contributed by atoms with Gasteiger partial charge in [0.2, 0.25) is 6.79 Å². The summed E-state index contributed by atoms with van der Waals surface area (Å²) in [4.78, 5) is 4.63. The van der Waals surface area contributed by atoms with E-state index >= 15 is 0 Å². The molecular weight excluding hydrogens is 422 g/mol. The summed E-state index contributed by atoms with van der Waals surface area (Å²) in [5, 5.41) is 4.66. The normalized spacial score (nSPS) is 16.4. The average molecular weight is 448 g/mol. The van der Waals surface area contributed by atoms with Gasteiger partial charge in [-0.25, -0.2) is 0 Å². The van der Waals surface area contributed by atoms with Crippen LogP contribution in [0.5, 0.6) is 17.2 Å². The van der Waals surface area contributed by atoms with Crippen LogP contribution in [-0.4, -0.2) is 55.0 Å². The number of ether oxygens (including phenoxy) is 3. The largest absolute Gasteiger partial charge is 0.495 e. The van der Waals surface area contributed by atoms with Gasteiger partial charge in [0.15, 0.2) is 16.6 Å². The van der Waals surface area contributed by atoms with Crippen LogP contribution in [0.3, 0.4) is 0 Å². The van der Waals surface area contributed by atoms with Gasteiger partial charge in [-0.2, -0.15) is 0 Å². The Morgan fingerprint density at radius 2 is 1.97 bits per heavy atom. The van der Waals surface area contributed by atoms with E-state index in [1.807, 2.05) is 24.3 Å². The Morgan fingerprint density at radius 1 is 1.20 bits per heavy atom. The molecule has 0 saturated carbocycles. The van der Waals surface area contributed by atoms with Gasteiger partial charge in [-0.3, -0.25) is 0 Å². The molecule has 1 N–H and O–H groups in total. The summed E-state index contributed by atoms with van der Waals surface area (Å²) in [6.07, 6.45) is 2.11. The summed E-state index contributed by atoms with van der Waals surface area (Å²) >= 11 is 12.0. The number of thiocarbonyl (C=S) groups is 1. The molecule has 6 nitrogen and oxygen atoms in total. The molecule has 0 amide bonds. The van der Waals surface area contributed by atoms with Crippen LogP contribution < -0.4 is 19.5 Å². The van der Waals surface area contributed by atoms with Gasteiger partial charge in [-0.1, -0.05) is 17.7 Å². The summed E-state index contributed by atoms with van der Waals surface area (Å²) in [6, 6.07) is 11.9. The molecule has 0 aliphatic carbocycles. The van der Waals surface area contributed by atoms with E-state index in [4.69, 9.17) is 38.0 Å². The molecule has 1 saturated heterocycles. The topological polar surface area (TPSA) is 46.2 Å². The molecule has 8 heteroatoms. The number of rotatable bonds is 5. The van der Waals surface area contributed by atoms with Crippen molar-refractivity contribution < 1.29 is 14.2 Å². The number of fused-ring (bicyclic) bond motifs is 1. The van der Waals surface area contributed by atoms with Crippen LogP contribution in [0.2, 0.25) is 5.02 Å². The minimum absolute atomic E-state index is 0.272. The molecule has 0 bridgehead atoms. The standard InChI is InChI=1S/C22H26ClN3O3S/c1-25-9-7-17(8-10-25)26(13-15-3-6-19-21(11-15)29-14-28-19)22(30)24-18-5-4-16(23)12-20(18)27-2/h3-6,11-12,17H,7-10,13-14H2,1-2H3,(H,24,30). The van der Waals surface area contributed by atoms with Crippen molar-refractivity contribution in [3.63, 3.8) is 0 Å². The van der Waals surface area contributed by atoms with E-state index in [2.05, 4.69) is 28.2 Å². The van der Waals surface area contributed by atoms with E-state index in [0.29, 0.717) is 28.5 Å². The number of likely N-dealkylation sites (tertiary alicyclic amines) is 1. The highest BCUT2D eigenvalue weighted by atomic mass is 35.5. The zero-order valence-electron chi connectivity index (χ0n) is 17.2. The lowest BCUT2D eigenvalue weighted by molar-refractivity contribution is 0.172. The SMILES string of the molecule is COc1cc(Cl)ccc1NC(=S)N(Cc1ccc2c(c1)OCO2)C1CCN(C)CC1. The minimum Gasteiger partial charge on any atom is -0.495 e. The van der Waals surface area contributed by atoms with Crippen molar-refractivity contribution in [1.29, 1.82) is 0 Å². The number of nitrogens with zero attached hydrogens (tertiary/aromatic N) is 2. The van der Waals surface area contributed by atoms with E-state index in [0.717, 1.165) is 48.7 Å². The van der Waals surface area contributed by atoms with Gasteiger partial charge < -0.3 is 29.3 Å². The van der Waals surface area contributed by atoms with Crippen molar-refractivity contribution in [2.24, 2.45) is 0 Å². The molecule has 0 spiro atoms. The Bertz CT molecular complexity index is 918. The highest BCUT2D eigenvalue weighted by Crippen LogP contribution is 2.34. The molecule has 2 heterocycles. The summed E-state index contributed by atoms with van der Waals surface area (Å²) in [6.45, 7) is 3.06. The Morgan fingerprint density at radius 3 is 2.73 bits per heavy atom. The maximum absolute atomic E-state index is 6.11. The van der Waals surface area contributed by atoms with Crippen LogP contribution in [0, 0.1) is 0 Å². The third-order valence-corrected chi connectivity index (χ3v) is 6.16. The van der Waals surface area contributed by atoms with Crippen LogP contribution in [-0.2, 0) is 6.54 Å². The van der Waals surface area contributed by atoms with Crippen molar-refractivity contribution in [2.45, 2.75) is 25.4 Å². The van der Waals surface area contributed by atoms with E-state index in [1.165, 1.54) is 0 Å². The van der Waals surface area contributed by atoms with Crippen molar-refractivity contribution in [3.05, 3.63) is 47.0 Å². The number of benzene rings is 2. The molecule has 2 aromatic rings. The molecule has 2 aromatic carbocycles. The van der Waals surface area contributed by atoms with Gasteiger partial charge in [0.1, 0.15) is 5.75 Å². The predicted octanol–water partition coefficient (Wildman–Crippen LogP) is 4.37. The minimum atomic E-state index is 0.272. The first-order chi connectivity index (χ1) is 14.5. The maximum Gasteiger partial charge on any atom is 0.231 e. The lowest BCUT2D eigenvalue weighted by atomic mass is 10.0. The molecule has 1 fully saturated rings. The van der Waals surface area contributed by atoms with Crippen molar-refractivity contribution in [1.82, 2.24) is 9.80 Å². The highest BCUT2D eigenvalue weighted by molar-refractivity contribution is 7.80. The van der Waals surface area contributed by atoms with Gasteiger partial charge in [-0.05, 0) is 75.0 Å². The summed E-state index contributed by atoms with van der Waals surface area (Å²) < 4.78 is 16.5. The van der Waals surface area contributed by atoms with Gasteiger partial charge in [0.05, 0.1) is 12.8 Å². The van der Waals surface area contributed by atoms with Gasteiger partial charge in [-0.15, -0.1) is 0 Å². The number of hydrogen-bond donors (Lipinski definition) is 1. The molecule has 0 radical (unpaired) electrons. The quantitative estimate of drug-likeness (QED) is 0.683. The molecule has 0 atom stereocenters. The molecule has 30 heavy (non-hydrogen) atoms. The summed E-state index contributed by atoms with van der Waals surface area (Å²) in [5.41, 5.74) is 1.93. The zero-order chi connectivity index (χ0) is 21.1.